The number of methoxy groups -OCH3 is 1. The van der Waals surface area contributed by atoms with E-state index in [1.165, 1.54) is 19.2 Å². The maximum Gasteiger partial charge on any atom is 0.287 e. The molecule has 0 amide bonds. The molecule has 1 aliphatic rings. The third kappa shape index (κ3) is 1.90. The van der Waals surface area contributed by atoms with Gasteiger partial charge in [-0.1, -0.05) is 11.6 Å². The molecule has 0 fully saturated rings. The SMILES string of the molecule is COc1cc(Cl)cc2c1NC(Br)=NS2(=O)=O. The number of halogens is 2. The molecule has 5 nitrogen and oxygen atoms in total. The van der Waals surface area contributed by atoms with E-state index in [1.54, 1.807) is 0 Å². The van der Waals surface area contributed by atoms with Gasteiger partial charge in [-0.25, -0.2) is 0 Å². The summed E-state index contributed by atoms with van der Waals surface area (Å²) in [4.78, 5) is 0.0000463. The molecule has 1 aliphatic heterocycles. The first-order chi connectivity index (χ1) is 7.44. The average Bonchev–Trinajstić information content (AvgIpc) is 2.17. The van der Waals surface area contributed by atoms with Crippen LogP contribution in [0.3, 0.4) is 0 Å². The van der Waals surface area contributed by atoms with Crippen LogP contribution < -0.4 is 10.1 Å². The van der Waals surface area contributed by atoms with Crippen molar-refractivity contribution in [2.45, 2.75) is 4.90 Å². The van der Waals surface area contributed by atoms with Gasteiger partial charge in [0.2, 0.25) is 0 Å². The summed E-state index contributed by atoms with van der Waals surface area (Å²) in [5, 5.41) is 3.04. The minimum atomic E-state index is -3.73. The first kappa shape index (κ1) is 11.7. The van der Waals surface area contributed by atoms with Crippen molar-refractivity contribution in [1.29, 1.82) is 0 Å². The lowest BCUT2D eigenvalue weighted by Crippen LogP contribution is -2.17. The molecule has 0 aromatic heterocycles. The Hall–Kier alpha value is -0.790. The molecular formula is C8H6BrClN2O3S. The number of sulfonamides is 1. The molecule has 2 rings (SSSR count). The van der Waals surface area contributed by atoms with E-state index < -0.39 is 10.0 Å². The van der Waals surface area contributed by atoms with Crippen molar-refractivity contribution in [3.63, 3.8) is 0 Å². The van der Waals surface area contributed by atoms with Gasteiger partial charge >= 0.3 is 0 Å². The first-order valence-corrected chi connectivity index (χ1v) is 6.70. The van der Waals surface area contributed by atoms with E-state index in [0.29, 0.717) is 11.4 Å². The second-order valence-electron chi connectivity index (χ2n) is 2.96. The summed E-state index contributed by atoms with van der Waals surface area (Å²) in [7, 11) is -2.30. The van der Waals surface area contributed by atoms with Crippen molar-refractivity contribution < 1.29 is 13.2 Å². The van der Waals surface area contributed by atoms with Crippen LogP contribution in [0, 0.1) is 0 Å². The van der Waals surface area contributed by atoms with Crippen LogP contribution in [0.2, 0.25) is 5.02 Å². The molecule has 0 unspecified atom stereocenters. The molecule has 0 aliphatic carbocycles. The summed E-state index contributed by atoms with van der Waals surface area (Å²) >= 11 is 8.78. The number of amidine groups is 1. The van der Waals surface area contributed by atoms with Crippen molar-refractivity contribution in [3.05, 3.63) is 17.2 Å². The van der Waals surface area contributed by atoms with Crippen LogP contribution in [0.15, 0.2) is 21.4 Å². The number of nitrogens with zero attached hydrogens (tertiary/aromatic N) is 1. The molecule has 0 spiro atoms. The van der Waals surface area contributed by atoms with Crippen LogP contribution in [-0.2, 0) is 10.0 Å². The van der Waals surface area contributed by atoms with Crippen LogP contribution in [-0.4, -0.2) is 20.3 Å². The maximum atomic E-state index is 11.7. The standard InChI is InChI=1S/C8H6BrClN2O3S/c1-15-5-2-4(10)3-6-7(5)11-8(9)12-16(6,13)14/h2-3H,1H3,(H,11,12). The van der Waals surface area contributed by atoms with Gasteiger partial charge in [0.05, 0.1) is 7.11 Å². The molecule has 1 heterocycles. The molecule has 0 saturated carbocycles. The van der Waals surface area contributed by atoms with Gasteiger partial charge in [0.1, 0.15) is 16.3 Å². The normalized spacial score (nSPS) is 17.1. The minimum Gasteiger partial charge on any atom is -0.494 e. The minimum absolute atomic E-state index is 0.0000463. The van der Waals surface area contributed by atoms with Crippen LogP contribution in [0.4, 0.5) is 5.69 Å². The van der Waals surface area contributed by atoms with Gasteiger partial charge in [-0.15, -0.1) is 4.40 Å². The van der Waals surface area contributed by atoms with Crippen molar-refractivity contribution in [3.8, 4) is 5.75 Å². The highest BCUT2D eigenvalue weighted by atomic mass is 79.9. The van der Waals surface area contributed by atoms with E-state index >= 15 is 0 Å². The fourth-order valence-corrected chi connectivity index (χ4v) is 3.41. The largest absolute Gasteiger partial charge is 0.494 e. The Morgan fingerprint density at radius 3 is 2.81 bits per heavy atom. The second-order valence-corrected chi connectivity index (χ2v) is 5.72. The highest BCUT2D eigenvalue weighted by molar-refractivity contribution is 9.18. The van der Waals surface area contributed by atoms with E-state index in [0.717, 1.165) is 0 Å². The Morgan fingerprint density at radius 1 is 1.50 bits per heavy atom. The molecule has 1 aromatic rings. The number of hydrogen-bond donors (Lipinski definition) is 1. The number of benzene rings is 1. The third-order valence-electron chi connectivity index (χ3n) is 1.96. The Bertz CT molecular complexity index is 585. The first-order valence-electron chi connectivity index (χ1n) is 4.09. The van der Waals surface area contributed by atoms with Crippen LogP contribution >= 0.6 is 27.5 Å². The number of rotatable bonds is 1. The summed E-state index contributed by atoms with van der Waals surface area (Å²) in [6.45, 7) is 0. The Morgan fingerprint density at radius 2 is 2.19 bits per heavy atom. The molecular weight excluding hydrogens is 320 g/mol. The van der Waals surface area contributed by atoms with Gasteiger partial charge in [-0.05, 0) is 22.0 Å². The number of hydrogen-bond acceptors (Lipinski definition) is 4. The van der Waals surface area contributed by atoms with E-state index in [-0.39, 0.29) is 14.7 Å². The fourth-order valence-electron chi connectivity index (χ4n) is 1.33. The summed E-state index contributed by atoms with van der Waals surface area (Å²) in [6, 6.07) is 2.85. The average molecular weight is 326 g/mol. The number of ether oxygens (including phenoxy) is 1. The lowest BCUT2D eigenvalue weighted by Gasteiger charge is -2.18. The summed E-state index contributed by atoms with van der Waals surface area (Å²) in [5.41, 5.74) is 0.328. The zero-order valence-electron chi connectivity index (χ0n) is 7.99. The van der Waals surface area contributed by atoms with Crippen LogP contribution in [0.5, 0.6) is 5.75 Å². The highest BCUT2D eigenvalue weighted by Crippen LogP contribution is 2.38. The van der Waals surface area contributed by atoms with Gasteiger partial charge in [-0.2, -0.15) is 8.42 Å². The molecule has 0 radical (unpaired) electrons. The predicted octanol–water partition coefficient (Wildman–Crippen LogP) is 2.21. The number of nitrogens with one attached hydrogen (secondary N) is 1. The van der Waals surface area contributed by atoms with Crippen LogP contribution in [0.1, 0.15) is 0 Å². The van der Waals surface area contributed by atoms with E-state index in [2.05, 4.69) is 25.6 Å². The topological polar surface area (TPSA) is 67.8 Å². The van der Waals surface area contributed by atoms with Gasteiger partial charge in [0, 0.05) is 11.1 Å². The number of anilines is 1. The van der Waals surface area contributed by atoms with E-state index in [1.807, 2.05) is 0 Å². The lowest BCUT2D eigenvalue weighted by atomic mass is 10.3. The zero-order chi connectivity index (χ0) is 11.9. The maximum absolute atomic E-state index is 11.7. The summed E-state index contributed by atoms with van der Waals surface area (Å²) < 4.78 is 32.1. The van der Waals surface area contributed by atoms with Crippen molar-refractivity contribution in [2.24, 2.45) is 4.40 Å². The predicted molar refractivity (Wildman–Crippen MR) is 65.2 cm³/mol. The van der Waals surface area contributed by atoms with Gasteiger partial charge in [-0.3, -0.25) is 0 Å². The van der Waals surface area contributed by atoms with E-state index in [9.17, 15) is 8.42 Å². The van der Waals surface area contributed by atoms with Crippen molar-refractivity contribution in [1.82, 2.24) is 0 Å². The molecule has 86 valence electrons. The lowest BCUT2D eigenvalue weighted by molar-refractivity contribution is 0.415. The van der Waals surface area contributed by atoms with Gasteiger partial charge in [0.15, 0.2) is 4.74 Å². The van der Waals surface area contributed by atoms with E-state index in [4.69, 9.17) is 16.3 Å². The molecule has 0 bridgehead atoms. The highest BCUT2D eigenvalue weighted by Gasteiger charge is 2.27. The van der Waals surface area contributed by atoms with Crippen molar-refractivity contribution in [2.75, 3.05) is 12.4 Å². The molecule has 16 heavy (non-hydrogen) atoms. The summed E-state index contributed by atoms with van der Waals surface area (Å²) in [6.07, 6.45) is 0. The number of fused-ring (bicyclic) bond motifs is 1. The molecule has 8 heteroatoms. The quantitative estimate of drug-likeness (QED) is 0.804. The fraction of sp³-hybridized carbons (Fsp3) is 0.125. The Balaban J connectivity index is 2.77. The molecule has 1 aromatic carbocycles. The van der Waals surface area contributed by atoms with Crippen molar-refractivity contribution >= 4 is 48.0 Å². The van der Waals surface area contributed by atoms with Gasteiger partial charge < -0.3 is 10.1 Å². The molecule has 0 atom stereocenters. The molecule has 0 saturated heterocycles. The Kier molecular flexibility index (Phi) is 2.85. The smallest absolute Gasteiger partial charge is 0.287 e. The third-order valence-corrected chi connectivity index (χ3v) is 4.09. The zero-order valence-corrected chi connectivity index (χ0v) is 11.1. The van der Waals surface area contributed by atoms with Gasteiger partial charge in [0.25, 0.3) is 10.0 Å². The Labute approximate surface area is 106 Å². The second kappa shape index (κ2) is 3.90. The van der Waals surface area contributed by atoms with Crippen LogP contribution in [0.25, 0.3) is 0 Å². The monoisotopic (exact) mass is 324 g/mol. The molecule has 1 N–H and O–H groups in total. The summed E-state index contributed by atoms with van der Waals surface area (Å²) in [5.74, 6) is 0.345.